The van der Waals surface area contributed by atoms with E-state index in [0.717, 1.165) is 9.13 Å². The Morgan fingerprint density at radius 1 is 1.52 bits per heavy atom. The number of benzene rings is 1. The number of aromatic nitrogens is 2. The van der Waals surface area contributed by atoms with Crippen molar-refractivity contribution in [3.8, 4) is 0 Å². The lowest BCUT2D eigenvalue weighted by Gasteiger charge is -2.05. The van der Waals surface area contributed by atoms with E-state index < -0.39 is 16.7 Å². The second kappa shape index (κ2) is 6.20. The van der Waals surface area contributed by atoms with Gasteiger partial charge in [-0.1, -0.05) is 12.1 Å². The topological polar surface area (TPSA) is 87.3 Å². The summed E-state index contributed by atoms with van der Waals surface area (Å²) < 4.78 is 7.52. The van der Waals surface area contributed by atoms with E-state index in [1.807, 2.05) is 24.3 Å². The minimum atomic E-state index is -0.760. The molecule has 110 valence electrons. The third kappa shape index (κ3) is 3.38. The van der Waals surface area contributed by atoms with Crippen molar-refractivity contribution in [2.75, 3.05) is 0 Å². The summed E-state index contributed by atoms with van der Waals surface area (Å²) in [4.78, 5) is 26.1. The molecule has 8 heteroatoms. The Hall–Kier alpha value is -1.97. The number of hydrogen-bond acceptors (Lipinski definition) is 5. The van der Waals surface area contributed by atoms with Crippen LogP contribution < -0.4 is 0 Å². The molecule has 0 saturated heterocycles. The van der Waals surface area contributed by atoms with Crippen LogP contribution >= 0.6 is 22.6 Å². The van der Waals surface area contributed by atoms with Gasteiger partial charge in [-0.25, -0.2) is 4.79 Å². The number of imidazole rings is 1. The van der Waals surface area contributed by atoms with Crippen molar-refractivity contribution in [1.82, 2.24) is 9.55 Å². The lowest BCUT2D eigenvalue weighted by Crippen LogP contribution is -2.12. The molecule has 0 aliphatic rings. The zero-order chi connectivity index (χ0) is 15.6. The van der Waals surface area contributed by atoms with Gasteiger partial charge >= 0.3 is 11.8 Å². The van der Waals surface area contributed by atoms with Crippen LogP contribution in [0.25, 0.3) is 0 Å². The molecule has 0 aliphatic carbocycles. The quantitative estimate of drug-likeness (QED) is 0.340. The smallest absolute Gasteiger partial charge is 0.397 e. The molecule has 2 aromatic rings. The molecule has 1 aromatic carbocycles. The average Bonchev–Trinajstić information content (AvgIpc) is 2.73. The molecule has 0 bridgehead atoms. The number of hydrogen-bond donors (Lipinski definition) is 0. The monoisotopic (exact) mass is 401 g/mol. The van der Waals surface area contributed by atoms with Crippen LogP contribution in [-0.4, -0.2) is 20.4 Å². The minimum absolute atomic E-state index is 0.0526. The molecule has 0 saturated carbocycles. The first kappa shape index (κ1) is 15.4. The predicted octanol–water partition coefficient (Wildman–Crippen LogP) is 2.60. The number of carbonyl (C=O) groups is 1. The zero-order valence-electron chi connectivity index (χ0n) is 11.4. The van der Waals surface area contributed by atoms with Gasteiger partial charge < -0.3 is 14.9 Å². The summed E-state index contributed by atoms with van der Waals surface area (Å²) >= 11 is 2.15. The molecular weight excluding hydrogens is 389 g/mol. The molecule has 1 aromatic heterocycles. The van der Waals surface area contributed by atoms with E-state index in [1.165, 1.54) is 11.6 Å². The second-order valence-corrected chi connectivity index (χ2v) is 5.60. The van der Waals surface area contributed by atoms with Gasteiger partial charge in [-0.3, -0.25) is 4.57 Å². The Kier molecular flexibility index (Phi) is 4.56. The fraction of sp³-hybridized carbons (Fsp3) is 0.231. The second-order valence-electron chi connectivity index (χ2n) is 4.35. The van der Waals surface area contributed by atoms with E-state index in [1.54, 1.807) is 6.92 Å². The van der Waals surface area contributed by atoms with E-state index in [-0.39, 0.29) is 12.3 Å². The Labute approximate surface area is 134 Å². The van der Waals surface area contributed by atoms with Gasteiger partial charge in [0.1, 0.15) is 6.61 Å². The maximum absolute atomic E-state index is 12.1. The molecule has 7 nitrogen and oxygen atoms in total. The van der Waals surface area contributed by atoms with Crippen LogP contribution in [0.3, 0.4) is 0 Å². The molecule has 1 heterocycles. The fourth-order valence-corrected chi connectivity index (χ4v) is 2.40. The van der Waals surface area contributed by atoms with Crippen LogP contribution in [0.4, 0.5) is 5.82 Å². The summed E-state index contributed by atoms with van der Waals surface area (Å²) in [6.07, 6.45) is 0. The highest BCUT2D eigenvalue weighted by atomic mass is 127. The molecule has 0 N–H and O–H groups in total. The van der Waals surface area contributed by atoms with Crippen LogP contribution in [0.2, 0.25) is 0 Å². The Balaban J connectivity index is 2.19. The number of nitro groups is 1. The van der Waals surface area contributed by atoms with Crippen LogP contribution in [0, 0.1) is 20.6 Å². The normalized spacial score (nSPS) is 10.4. The van der Waals surface area contributed by atoms with Gasteiger partial charge in [0, 0.05) is 17.5 Å². The Morgan fingerprint density at radius 3 is 2.86 bits per heavy atom. The van der Waals surface area contributed by atoms with Crippen molar-refractivity contribution >= 4 is 34.4 Å². The molecule has 0 fully saturated rings. The maximum atomic E-state index is 12.1. The summed E-state index contributed by atoms with van der Waals surface area (Å²) in [5.74, 6) is -0.866. The molecular formula is C13H12IN3O4. The molecule has 21 heavy (non-hydrogen) atoms. The van der Waals surface area contributed by atoms with E-state index in [0.29, 0.717) is 5.82 Å². The van der Waals surface area contributed by atoms with Gasteiger partial charge in [-0.15, -0.1) is 0 Å². The zero-order valence-corrected chi connectivity index (χ0v) is 13.5. The predicted molar refractivity (Wildman–Crippen MR) is 82.9 cm³/mol. The molecule has 0 spiro atoms. The van der Waals surface area contributed by atoms with Crippen LogP contribution in [0.1, 0.15) is 21.9 Å². The van der Waals surface area contributed by atoms with Crippen LogP contribution in [0.15, 0.2) is 24.3 Å². The summed E-state index contributed by atoms with van der Waals surface area (Å²) in [5, 5.41) is 10.9. The summed E-state index contributed by atoms with van der Waals surface area (Å²) in [6, 6.07) is 7.46. The van der Waals surface area contributed by atoms with Gasteiger partial charge in [0.2, 0.25) is 11.5 Å². The summed E-state index contributed by atoms with van der Waals surface area (Å²) in [5.41, 5.74) is 0.667. The first-order chi connectivity index (χ1) is 9.90. The Bertz CT molecular complexity index is 711. The van der Waals surface area contributed by atoms with E-state index in [2.05, 4.69) is 27.6 Å². The molecule has 0 aliphatic heterocycles. The summed E-state index contributed by atoms with van der Waals surface area (Å²) in [7, 11) is 1.54. The van der Waals surface area contributed by atoms with Crippen molar-refractivity contribution < 1.29 is 14.5 Å². The lowest BCUT2D eigenvalue weighted by molar-refractivity contribution is -0.389. The highest BCUT2D eigenvalue weighted by molar-refractivity contribution is 14.1. The van der Waals surface area contributed by atoms with Gasteiger partial charge in [-0.05, 0) is 50.2 Å². The van der Waals surface area contributed by atoms with Crippen molar-refractivity contribution in [1.29, 1.82) is 0 Å². The molecule has 0 radical (unpaired) electrons. The Morgan fingerprint density at radius 2 is 2.24 bits per heavy atom. The van der Waals surface area contributed by atoms with Gasteiger partial charge in [0.25, 0.3) is 0 Å². The number of halogens is 1. The van der Waals surface area contributed by atoms with E-state index in [9.17, 15) is 14.9 Å². The number of carbonyl (C=O) groups excluding carboxylic acids is 1. The molecule has 0 amide bonds. The van der Waals surface area contributed by atoms with Gasteiger partial charge in [0.05, 0.1) is 0 Å². The van der Waals surface area contributed by atoms with Crippen LogP contribution in [-0.2, 0) is 18.4 Å². The summed E-state index contributed by atoms with van der Waals surface area (Å²) in [6.45, 7) is 1.64. The van der Waals surface area contributed by atoms with Crippen molar-refractivity contribution in [3.05, 3.63) is 55.0 Å². The average molecular weight is 401 g/mol. The number of esters is 1. The highest BCUT2D eigenvalue weighted by Crippen LogP contribution is 2.20. The molecule has 2 rings (SSSR count). The largest absolute Gasteiger partial charge is 0.456 e. The highest BCUT2D eigenvalue weighted by Gasteiger charge is 2.30. The molecule has 0 atom stereocenters. The van der Waals surface area contributed by atoms with Gasteiger partial charge in [0.15, 0.2) is 0 Å². The van der Waals surface area contributed by atoms with Crippen molar-refractivity contribution in [3.63, 3.8) is 0 Å². The number of aryl methyl sites for hydroxylation is 1. The SMILES string of the molecule is Cc1nc([N+](=O)[O-])c(C(=O)OCc2cccc(I)c2)n1C. The van der Waals surface area contributed by atoms with Crippen LogP contribution in [0.5, 0.6) is 0 Å². The fourth-order valence-electron chi connectivity index (χ4n) is 1.79. The number of rotatable bonds is 4. The van der Waals surface area contributed by atoms with Crippen molar-refractivity contribution in [2.45, 2.75) is 13.5 Å². The first-order valence-electron chi connectivity index (χ1n) is 5.99. The lowest BCUT2D eigenvalue weighted by atomic mass is 10.2. The standard InChI is InChI=1S/C13H12IN3O4/c1-8-15-12(17(19)20)11(16(8)2)13(18)21-7-9-4-3-5-10(14)6-9/h3-6H,7H2,1-2H3. The maximum Gasteiger partial charge on any atom is 0.397 e. The minimum Gasteiger partial charge on any atom is -0.456 e. The van der Waals surface area contributed by atoms with E-state index in [4.69, 9.17) is 4.74 Å². The number of ether oxygens (including phenoxy) is 1. The van der Waals surface area contributed by atoms with Crippen molar-refractivity contribution in [2.24, 2.45) is 7.05 Å². The number of nitrogens with zero attached hydrogens (tertiary/aromatic N) is 3. The van der Waals surface area contributed by atoms with E-state index >= 15 is 0 Å². The first-order valence-corrected chi connectivity index (χ1v) is 7.07. The third-order valence-corrected chi connectivity index (χ3v) is 3.60. The third-order valence-electron chi connectivity index (χ3n) is 2.93. The molecule has 0 unspecified atom stereocenters. The van der Waals surface area contributed by atoms with Gasteiger partial charge in [-0.2, -0.15) is 0 Å².